The Morgan fingerprint density at radius 2 is 2.12 bits per heavy atom. The third kappa shape index (κ3) is 2.55. The molecule has 0 unspecified atom stereocenters. The van der Waals surface area contributed by atoms with Crippen LogP contribution in [0.15, 0.2) is 40.2 Å². The number of hydrogen-bond donors (Lipinski definition) is 4. The van der Waals surface area contributed by atoms with Gasteiger partial charge in [0.1, 0.15) is 11.4 Å². The van der Waals surface area contributed by atoms with E-state index >= 15 is 0 Å². The average molecular weight is 363 g/mol. The minimum absolute atomic E-state index is 0.0250. The van der Waals surface area contributed by atoms with Gasteiger partial charge in [-0.3, -0.25) is 4.72 Å². The molecule has 1 aromatic heterocycles. The number of nitrogens with one attached hydrogen (secondary N) is 3. The van der Waals surface area contributed by atoms with Crippen molar-refractivity contribution >= 4 is 51.8 Å². The fraction of sp³-hybridized carbons (Fsp3) is 0.0625. The molecule has 2 aromatic carbocycles. The number of aliphatic imine (C=N–C) groups is 1. The van der Waals surface area contributed by atoms with Crippen LogP contribution in [0, 0.1) is 12.7 Å². The van der Waals surface area contributed by atoms with Crippen LogP contribution in [0.5, 0.6) is 5.75 Å². The van der Waals surface area contributed by atoms with Gasteiger partial charge in [-0.05, 0) is 43.1 Å². The lowest BCUT2D eigenvalue weighted by molar-refractivity contribution is 0.475. The number of nitrogens with zero attached hydrogens (tertiary/aromatic N) is 1. The molecule has 4 N–H and O–H groups in total. The maximum atomic E-state index is 14.6. The molecule has 0 fully saturated rings. The summed E-state index contributed by atoms with van der Waals surface area (Å²) < 4.78 is 17.6. The summed E-state index contributed by atoms with van der Waals surface area (Å²) in [5, 5.41) is 13.8. The lowest BCUT2D eigenvalue weighted by Gasteiger charge is -2.19. The number of rotatable bonds is 1. The molecule has 0 aliphatic carbocycles. The van der Waals surface area contributed by atoms with E-state index in [0.717, 1.165) is 11.2 Å². The standard InChI is InChI=1S/C16H12ClFN4OS/c1-7-4-9-10(19-7)2-3-11(14(9)18)20-16-21-15-12(23)5-8(17)6-13(15)24-22-16/h2-6,19,23H,1H3,(H2,20,21,22). The predicted octanol–water partition coefficient (Wildman–Crippen LogP) is 4.68. The second kappa shape index (κ2) is 5.61. The van der Waals surface area contributed by atoms with Crippen molar-refractivity contribution in [3.05, 3.63) is 46.9 Å². The Kier molecular flexibility index (Phi) is 3.54. The number of H-pyrrole nitrogens is 1. The van der Waals surface area contributed by atoms with Crippen molar-refractivity contribution in [1.29, 1.82) is 0 Å². The number of anilines is 1. The van der Waals surface area contributed by atoms with Crippen molar-refractivity contribution in [3.63, 3.8) is 0 Å². The third-order valence-electron chi connectivity index (χ3n) is 3.63. The second-order valence-corrected chi connectivity index (χ2v) is 6.69. The van der Waals surface area contributed by atoms with Crippen molar-refractivity contribution in [2.75, 3.05) is 5.32 Å². The summed E-state index contributed by atoms with van der Waals surface area (Å²) in [5.41, 5.74) is 2.32. The fourth-order valence-corrected chi connectivity index (χ4v) is 3.59. The molecule has 3 aromatic rings. The van der Waals surface area contributed by atoms with E-state index in [0.29, 0.717) is 32.6 Å². The fourth-order valence-electron chi connectivity index (χ4n) is 2.57. The van der Waals surface area contributed by atoms with Crippen LogP contribution in [-0.4, -0.2) is 16.1 Å². The van der Waals surface area contributed by atoms with Crippen molar-refractivity contribution in [3.8, 4) is 5.75 Å². The van der Waals surface area contributed by atoms with Crippen molar-refractivity contribution in [2.24, 2.45) is 4.99 Å². The first-order valence-electron chi connectivity index (χ1n) is 7.10. The van der Waals surface area contributed by atoms with Gasteiger partial charge in [-0.1, -0.05) is 11.6 Å². The van der Waals surface area contributed by atoms with Gasteiger partial charge in [0.2, 0.25) is 5.96 Å². The number of guanidine groups is 1. The summed E-state index contributed by atoms with van der Waals surface area (Å²) in [6, 6.07) is 8.31. The number of benzene rings is 2. The number of phenols is 1. The Hall–Kier alpha value is -2.38. The highest BCUT2D eigenvalue weighted by molar-refractivity contribution is 7.98. The van der Waals surface area contributed by atoms with E-state index in [1.807, 2.05) is 6.92 Å². The number of hydrogen-bond acceptors (Lipinski definition) is 5. The summed E-state index contributed by atoms with van der Waals surface area (Å²) in [7, 11) is 0. The molecule has 0 saturated carbocycles. The summed E-state index contributed by atoms with van der Waals surface area (Å²) >= 11 is 7.15. The first kappa shape index (κ1) is 15.2. The first-order chi connectivity index (χ1) is 11.5. The van der Waals surface area contributed by atoms with Gasteiger partial charge in [-0.2, -0.15) is 0 Å². The first-order valence-corrected chi connectivity index (χ1v) is 8.29. The Morgan fingerprint density at radius 3 is 2.96 bits per heavy atom. The Bertz CT molecular complexity index is 1000. The lowest BCUT2D eigenvalue weighted by atomic mass is 10.2. The van der Waals surface area contributed by atoms with Crippen LogP contribution in [0.1, 0.15) is 5.69 Å². The zero-order valence-electron chi connectivity index (χ0n) is 12.4. The molecule has 24 heavy (non-hydrogen) atoms. The highest BCUT2D eigenvalue weighted by atomic mass is 35.5. The summed E-state index contributed by atoms with van der Waals surface area (Å²) in [6.07, 6.45) is 0. The molecule has 1 aliphatic heterocycles. The minimum atomic E-state index is -0.363. The van der Waals surface area contributed by atoms with Crippen LogP contribution in [0.4, 0.5) is 15.8 Å². The molecule has 0 spiro atoms. The predicted molar refractivity (Wildman–Crippen MR) is 95.8 cm³/mol. The third-order valence-corrected chi connectivity index (χ3v) is 4.67. The topological polar surface area (TPSA) is 72.4 Å². The van der Waals surface area contributed by atoms with Gasteiger partial charge in [-0.15, -0.1) is 0 Å². The molecule has 0 saturated heterocycles. The van der Waals surface area contributed by atoms with E-state index in [9.17, 15) is 9.50 Å². The molecule has 0 bridgehead atoms. The minimum Gasteiger partial charge on any atom is -0.506 e. The van der Waals surface area contributed by atoms with Crippen LogP contribution in [0.3, 0.4) is 0 Å². The molecule has 122 valence electrons. The number of aryl methyl sites for hydroxylation is 1. The summed E-state index contributed by atoms with van der Waals surface area (Å²) in [6.45, 7) is 1.88. The zero-order chi connectivity index (χ0) is 16.8. The largest absolute Gasteiger partial charge is 0.506 e. The van der Waals surface area contributed by atoms with E-state index in [2.05, 4.69) is 20.0 Å². The molecule has 1 aliphatic rings. The van der Waals surface area contributed by atoms with Gasteiger partial charge >= 0.3 is 0 Å². The van der Waals surface area contributed by atoms with E-state index in [1.165, 1.54) is 18.0 Å². The van der Waals surface area contributed by atoms with Gasteiger partial charge in [0.25, 0.3) is 0 Å². The van der Waals surface area contributed by atoms with Crippen molar-refractivity contribution in [1.82, 2.24) is 9.71 Å². The van der Waals surface area contributed by atoms with Gasteiger partial charge in [-0.25, -0.2) is 9.38 Å². The van der Waals surface area contributed by atoms with Gasteiger partial charge < -0.3 is 15.4 Å². The van der Waals surface area contributed by atoms with E-state index < -0.39 is 0 Å². The molecule has 4 rings (SSSR count). The summed E-state index contributed by atoms with van der Waals surface area (Å²) in [4.78, 5) is 8.09. The van der Waals surface area contributed by atoms with E-state index in [4.69, 9.17) is 11.6 Å². The van der Waals surface area contributed by atoms with Crippen LogP contribution in [-0.2, 0) is 0 Å². The highest BCUT2D eigenvalue weighted by Gasteiger charge is 2.18. The smallest absolute Gasteiger partial charge is 0.211 e. The SMILES string of the molecule is Cc1cc2c(F)c(NC3=Nc4c(O)cc(Cl)cc4SN3)ccc2[nH]1. The monoisotopic (exact) mass is 362 g/mol. The maximum Gasteiger partial charge on any atom is 0.211 e. The molecule has 8 heteroatoms. The van der Waals surface area contributed by atoms with Crippen LogP contribution in [0.2, 0.25) is 5.02 Å². The number of aromatic amines is 1. The van der Waals surface area contributed by atoms with Gasteiger partial charge in [0.15, 0.2) is 5.82 Å². The summed E-state index contributed by atoms with van der Waals surface area (Å²) in [5.74, 6) is -0.0592. The van der Waals surface area contributed by atoms with Crippen molar-refractivity contribution < 1.29 is 9.50 Å². The normalized spacial score (nSPS) is 13.4. The van der Waals surface area contributed by atoms with E-state index in [1.54, 1.807) is 24.3 Å². The van der Waals surface area contributed by atoms with E-state index in [-0.39, 0.29) is 11.6 Å². The van der Waals surface area contributed by atoms with Crippen LogP contribution >= 0.6 is 23.5 Å². The van der Waals surface area contributed by atoms with Crippen LogP contribution < -0.4 is 10.0 Å². The van der Waals surface area contributed by atoms with Gasteiger partial charge in [0.05, 0.1) is 10.6 Å². The average Bonchev–Trinajstić information content (AvgIpc) is 2.92. The lowest BCUT2D eigenvalue weighted by Crippen LogP contribution is -2.27. The quantitative estimate of drug-likeness (QED) is 0.474. The molecule has 0 atom stereocenters. The number of aromatic nitrogens is 1. The molecule has 0 radical (unpaired) electrons. The number of phenolic OH excluding ortho intramolecular Hbond substituents is 1. The van der Waals surface area contributed by atoms with Crippen molar-refractivity contribution in [2.45, 2.75) is 11.8 Å². The zero-order valence-corrected chi connectivity index (χ0v) is 14.0. The Labute approximate surface area is 146 Å². The Morgan fingerprint density at radius 1 is 1.29 bits per heavy atom. The second-order valence-electron chi connectivity index (χ2n) is 5.40. The number of aromatic hydroxyl groups is 1. The molecule has 5 nitrogen and oxygen atoms in total. The Balaban J connectivity index is 1.71. The van der Waals surface area contributed by atoms with Gasteiger partial charge in [0, 0.05) is 27.7 Å². The number of fused-ring (bicyclic) bond motifs is 2. The molecular formula is C16H12ClFN4OS. The molecule has 2 heterocycles. The number of halogens is 2. The maximum absolute atomic E-state index is 14.6. The molecular weight excluding hydrogens is 351 g/mol. The molecule has 0 amide bonds. The van der Waals surface area contributed by atoms with Crippen LogP contribution in [0.25, 0.3) is 10.9 Å². The highest BCUT2D eigenvalue weighted by Crippen LogP contribution is 2.41.